The molecule has 0 atom stereocenters. The van der Waals surface area contributed by atoms with Crippen LogP contribution in [-0.2, 0) is 6.54 Å². The fraction of sp³-hybridized carbons (Fsp3) is 0.150. The van der Waals surface area contributed by atoms with Gasteiger partial charge in [-0.1, -0.05) is 42.5 Å². The van der Waals surface area contributed by atoms with Crippen molar-refractivity contribution >= 4 is 21.8 Å². The third-order valence-electron chi connectivity index (χ3n) is 4.15. The Morgan fingerprint density at radius 2 is 1.70 bits per heavy atom. The lowest BCUT2D eigenvalue weighted by molar-refractivity contribution is 0.299. The normalized spacial score (nSPS) is 11.2. The van der Waals surface area contributed by atoms with E-state index in [1.807, 2.05) is 37.3 Å². The van der Waals surface area contributed by atoms with Crippen LogP contribution in [0.3, 0.4) is 0 Å². The average molecular weight is 302 g/mol. The summed E-state index contributed by atoms with van der Waals surface area (Å²) >= 11 is 0. The fourth-order valence-corrected chi connectivity index (χ4v) is 2.99. The average Bonchev–Trinajstić information content (AvgIpc) is 2.90. The number of ether oxygens (including phenoxy) is 1. The third kappa shape index (κ3) is 2.66. The first-order valence-corrected chi connectivity index (χ1v) is 7.85. The largest absolute Gasteiger partial charge is 0.492 e. The number of aryl methyl sites for hydroxylation is 1. The topological polar surface area (TPSA) is 27.1 Å². The summed E-state index contributed by atoms with van der Waals surface area (Å²) in [6.45, 7) is 3.45. The zero-order chi connectivity index (χ0) is 15.6. The molecular formula is C20H18N2O. The van der Waals surface area contributed by atoms with Crippen molar-refractivity contribution in [2.75, 3.05) is 6.61 Å². The minimum absolute atomic E-state index is 0.625. The fourth-order valence-electron chi connectivity index (χ4n) is 2.99. The number of nitrogens with zero attached hydrogens (tertiary/aromatic N) is 2. The van der Waals surface area contributed by atoms with E-state index in [0.29, 0.717) is 6.61 Å². The molecule has 4 rings (SSSR count). The van der Waals surface area contributed by atoms with E-state index in [-0.39, 0.29) is 0 Å². The van der Waals surface area contributed by atoms with Crippen LogP contribution in [0, 0.1) is 6.92 Å². The second-order valence-corrected chi connectivity index (χ2v) is 5.66. The standard InChI is InChI=1S/C20H18N2O/c1-15-21-19-8-4-5-9-20(19)22(15)12-13-23-18-11-10-16-6-2-3-7-17(16)14-18/h2-11,14H,12-13H2,1H3. The molecule has 0 N–H and O–H groups in total. The minimum Gasteiger partial charge on any atom is -0.492 e. The van der Waals surface area contributed by atoms with Gasteiger partial charge < -0.3 is 9.30 Å². The Morgan fingerprint density at radius 1 is 0.913 bits per heavy atom. The van der Waals surface area contributed by atoms with Gasteiger partial charge in [-0.2, -0.15) is 0 Å². The van der Waals surface area contributed by atoms with Gasteiger partial charge in [0, 0.05) is 0 Å². The van der Waals surface area contributed by atoms with E-state index in [9.17, 15) is 0 Å². The Kier molecular flexibility index (Phi) is 3.46. The summed E-state index contributed by atoms with van der Waals surface area (Å²) < 4.78 is 8.15. The molecule has 23 heavy (non-hydrogen) atoms. The van der Waals surface area contributed by atoms with Gasteiger partial charge >= 0.3 is 0 Å². The van der Waals surface area contributed by atoms with Crippen molar-refractivity contribution in [3.8, 4) is 5.75 Å². The molecule has 0 spiro atoms. The zero-order valence-corrected chi connectivity index (χ0v) is 13.1. The number of imidazole rings is 1. The van der Waals surface area contributed by atoms with E-state index >= 15 is 0 Å². The summed E-state index contributed by atoms with van der Waals surface area (Å²) in [5.41, 5.74) is 2.20. The lowest BCUT2D eigenvalue weighted by Crippen LogP contribution is -2.09. The van der Waals surface area contributed by atoms with E-state index < -0.39 is 0 Å². The van der Waals surface area contributed by atoms with E-state index in [1.54, 1.807) is 0 Å². The molecule has 0 amide bonds. The second-order valence-electron chi connectivity index (χ2n) is 5.66. The first kappa shape index (κ1) is 13.8. The van der Waals surface area contributed by atoms with Gasteiger partial charge in [0.25, 0.3) is 0 Å². The Hall–Kier alpha value is -2.81. The predicted octanol–water partition coefficient (Wildman–Crippen LogP) is 4.58. The summed E-state index contributed by atoms with van der Waals surface area (Å²) in [5, 5.41) is 2.44. The van der Waals surface area contributed by atoms with Gasteiger partial charge in [-0.3, -0.25) is 0 Å². The Morgan fingerprint density at radius 3 is 2.61 bits per heavy atom. The zero-order valence-electron chi connectivity index (χ0n) is 13.1. The van der Waals surface area contributed by atoms with Crippen molar-refractivity contribution in [1.29, 1.82) is 0 Å². The highest BCUT2D eigenvalue weighted by molar-refractivity contribution is 5.83. The number of fused-ring (bicyclic) bond motifs is 2. The molecule has 3 nitrogen and oxygen atoms in total. The molecule has 0 unspecified atom stereocenters. The van der Waals surface area contributed by atoms with Gasteiger partial charge in [-0.25, -0.2) is 4.98 Å². The lowest BCUT2D eigenvalue weighted by Gasteiger charge is -2.10. The van der Waals surface area contributed by atoms with Crippen molar-refractivity contribution in [1.82, 2.24) is 9.55 Å². The number of rotatable bonds is 4. The van der Waals surface area contributed by atoms with Gasteiger partial charge in [-0.15, -0.1) is 0 Å². The van der Waals surface area contributed by atoms with Crippen LogP contribution >= 0.6 is 0 Å². The molecule has 0 saturated carbocycles. The molecule has 0 fully saturated rings. The molecule has 0 saturated heterocycles. The number of para-hydroxylation sites is 2. The molecule has 0 aliphatic carbocycles. The number of aromatic nitrogens is 2. The first-order chi connectivity index (χ1) is 11.3. The quantitative estimate of drug-likeness (QED) is 0.552. The number of benzene rings is 3. The Labute approximate surface area is 135 Å². The van der Waals surface area contributed by atoms with Gasteiger partial charge in [0.1, 0.15) is 18.2 Å². The van der Waals surface area contributed by atoms with Gasteiger partial charge in [0.2, 0.25) is 0 Å². The van der Waals surface area contributed by atoms with E-state index in [4.69, 9.17) is 4.74 Å². The van der Waals surface area contributed by atoms with Crippen LogP contribution in [0.25, 0.3) is 21.8 Å². The summed E-state index contributed by atoms with van der Waals surface area (Å²) in [7, 11) is 0. The van der Waals surface area contributed by atoms with Crippen molar-refractivity contribution in [2.45, 2.75) is 13.5 Å². The van der Waals surface area contributed by atoms with Crippen LogP contribution in [0.4, 0.5) is 0 Å². The van der Waals surface area contributed by atoms with Crippen molar-refractivity contribution < 1.29 is 4.74 Å². The molecule has 114 valence electrons. The molecule has 0 bridgehead atoms. The maximum absolute atomic E-state index is 5.94. The van der Waals surface area contributed by atoms with Crippen LogP contribution in [0.2, 0.25) is 0 Å². The summed E-state index contributed by atoms with van der Waals surface area (Å²) in [4.78, 5) is 4.59. The van der Waals surface area contributed by atoms with E-state index in [0.717, 1.165) is 29.2 Å². The van der Waals surface area contributed by atoms with Crippen molar-refractivity contribution in [3.05, 3.63) is 72.6 Å². The molecular weight excluding hydrogens is 284 g/mol. The van der Waals surface area contributed by atoms with Crippen LogP contribution in [0.15, 0.2) is 66.7 Å². The van der Waals surface area contributed by atoms with Gasteiger partial charge in [0.15, 0.2) is 0 Å². The van der Waals surface area contributed by atoms with Crippen LogP contribution in [-0.4, -0.2) is 16.2 Å². The lowest BCUT2D eigenvalue weighted by atomic mass is 10.1. The highest BCUT2D eigenvalue weighted by Gasteiger charge is 2.06. The summed E-state index contributed by atoms with van der Waals surface area (Å²) in [6, 6.07) is 22.7. The highest BCUT2D eigenvalue weighted by Crippen LogP contribution is 2.21. The maximum atomic E-state index is 5.94. The van der Waals surface area contributed by atoms with Crippen LogP contribution in [0.1, 0.15) is 5.82 Å². The summed E-state index contributed by atoms with van der Waals surface area (Å²) in [6.07, 6.45) is 0. The van der Waals surface area contributed by atoms with Gasteiger partial charge in [-0.05, 0) is 42.0 Å². The van der Waals surface area contributed by atoms with E-state index in [2.05, 4.69) is 45.9 Å². The van der Waals surface area contributed by atoms with Crippen molar-refractivity contribution in [3.63, 3.8) is 0 Å². The molecule has 1 aromatic heterocycles. The van der Waals surface area contributed by atoms with Crippen molar-refractivity contribution in [2.24, 2.45) is 0 Å². The highest BCUT2D eigenvalue weighted by atomic mass is 16.5. The molecule has 0 aliphatic heterocycles. The monoisotopic (exact) mass is 302 g/mol. The van der Waals surface area contributed by atoms with Crippen LogP contribution < -0.4 is 4.74 Å². The second kappa shape index (κ2) is 5.76. The smallest absolute Gasteiger partial charge is 0.120 e. The molecule has 0 aliphatic rings. The number of hydrogen-bond donors (Lipinski definition) is 0. The Bertz CT molecular complexity index is 972. The Balaban J connectivity index is 1.51. The minimum atomic E-state index is 0.625. The number of hydrogen-bond acceptors (Lipinski definition) is 2. The summed E-state index contributed by atoms with van der Waals surface area (Å²) in [5.74, 6) is 1.93. The van der Waals surface area contributed by atoms with Crippen LogP contribution in [0.5, 0.6) is 5.75 Å². The SMILES string of the molecule is Cc1nc2ccccc2n1CCOc1ccc2ccccc2c1. The molecule has 3 aromatic carbocycles. The molecule has 4 aromatic rings. The maximum Gasteiger partial charge on any atom is 0.120 e. The molecule has 3 heteroatoms. The third-order valence-corrected chi connectivity index (χ3v) is 4.15. The molecule has 0 radical (unpaired) electrons. The first-order valence-electron chi connectivity index (χ1n) is 7.85. The molecule has 1 heterocycles. The van der Waals surface area contributed by atoms with Gasteiger partial charge in [0.05, 0.1) is 17.6 Å². The van der Waals surface area contributed by atoms with E-state index in [1.165, 1.54) is 10.8 Å². The predicted molar refractivity (Wildman–Crippen MR) is 93.9 cm³/mol.